The molecule has 0 fully saturated rings. The summed E-state index contributed by atoms with van der Waals surface area (Å²) in [5, 5.41) is 8.95. The molecule has 0 aliphatic carbocycles. The SMILES string of the molecule is COc1ccc(N)cc1Oc1ncccc1C#N. The zero-order valence-electron chi connectivity index (χ0n) is 9.75. The second kappa shape index (κ2) is 5.06. The molecule has 0 saturated carbocycles. The molecule has 0 aliphatic rings. The number of benzene rings is 1. The molecule has 5 heteroatoms. The van der Waals surface area contributed by atoms with Crippen molar-refractivity contribution in [3.63, 3.8) is 0 Å². The molecule has 2 aromatic rings. The summed E-state index contributed by atoms with van der Waals surface area (Å²) >= 11 is 0. The largest absolute Gasteiger partial charge is 0.493 e. The molecule has 2 N–H and O–H groups in total. The summed E-state index contributed by atoms with van der Waals surface area (Å²) in [4.78, 5) is 4.01. The Balaban J connectivity index is 2.40. The standard InChI is InChI=1S/C13H11N3O2/c1-17-11-5-4-10(15)7-12(11)18-13-9(8-14)3-2-6-16-13/h2-7H,15H2,1H3. The Morgan fingerprint density at radius 3 is 2.83 bits per heavy atom. The molecule has 18 heavy (non-hydrogen) atoms. The fourth-order valence-corrected chi connectivity index (χ4v) is 1.43. The number of ether oxygens (including phenoxy) is 2. The van der Waals surface area contributed by atoms with Crippen molar-refractivity contribution in [2.45, 2.75) is 0 Å². The Labute approximate surface area is 104 Å². The van der Waals surface area contributed by atoms with Crippen molar-refractivity contribution in [2.75, 3.05) is 12.8 Å². The third kappa shape index (κ3) is 2.33. The zero-order chi connectivity index (χ0) is 13.0. The normalized spacial score (nSPS) is 9.56. The first kappa shape index (κ1) is 11.7. The van der Waals surface area contributed by atoms with Crippen molar-refractivity contribution in [3.05, 3.63) is 42.1 Å². The number of nitrogen functional groups attached to an aromatic ring is 1. The molecule has 2 rings (SSSR count). The molecular weight excluding hydrogens is 230 g/mol. The molecule has 5 nitrogen and oxygen atoms in total. The van der Waals surface area contributed by atoms with E-state index in [-0.39, 0.29) is 5.88 Å². The van der Waals surface area contributed by atoms with Crippen LogP contribution in [0.5, 0.6) is 17.4 Å². The number of aromatic nitrogens is 1. The summed E-state index contributed by atoms with van der Waals surface area (Å²) < 4.78 is 10.7. The zero-order valence-corrected chi connectivity index (χ0v) is 9.75. The highest BCUT2D eigenvalue weighted by molar-refractivity contribution is 5.53. The number of rotatable bonds is 3. The maximum atomic E-state index is 8.95. The van der Waals surface area contributed by atoms with Crippen LogP contribution in [0.2, 0.25) is 0 Å². The van der Waals surface area contributed by atoms with Gasteiger partial charge >= 0.3 is 0 Å². The van der Waals surface area contributed by atoms with E-state index >= 15 is 0 Å². The predicted molar refractivity (Wildman–Crippen MR) is 66.4 cm³/mol. The summed E-state index contributed by atoms with van der Waals surface area (Å²) in [7, 11) is 1.53. The van der Waals surface area contributed by atoms with E-state index in [1.54, 1.807) is 36.5 Å². The molecule has 0 aliphatic heterocycles. The number of nitrogens with zero attached hydrogens (tertiary/aromatic N) is 2. The Morgan fingerprint density at radius 1 is 1.28 bits per heavy atom. The number of nitrogens with two attached hydrogens (primary N) is 1. The lowest BCUT2D eigenvalue weighted by Crippen LogP contribution is -1.95. The predicted octanol–water partition coefficient (Wildman–Crippen LogP) is 2.34. The minimum Gasteiger partial charge on any atom is -0.493 e. The number of pyridine rings is 1. The van der Waals surface area contributed by atoms with Gasteiger partial charge in [-0.1, -0.05) is 0 Å². The van der Waals surface area contributed by atoms with Crippen molar-refractivity contribution in [1.29, 1.82) is 5.26 Å². The Kier molecular flexibility index (Phi) is 3.30. The Morgan fingerprint density at radius 2 is 2.11 bits per heavy atom. The van der Waals surface area contributed by atoms with Gasteiger partial charge in [-0.25, -0.2) is 4.98 Å². The fraction of sp³-hybridized carbons (Fsp3) is 0.0769. The molecular formula is C13H11N3O2. The van der Waals surface area contributed by atoms with Gasteiger partial charge in [0.2, 0.25) is 5.88 Å². The van der Waals surface area contributed by atoms with Crippen molar-refractivity contribution in [2.24, 2.45) is 0 Å². The maximum Gasteiger partial charge on any atom is 0.237 e. The monoisotopic (exact) mass is 241 g/mol. The van der Waals surface area contributed by atoms with E-state index in [0.29, 0.717) is 22.7 Å². The van der Waals surface area contributed by atoms with Gasteiger partial charge in [-0.3, -0.25) is 0 Å². The van der Waals surface area contributed by atoms with Crippen molar-refractivity contribution in [3.8, 4) is 23.4 Å². The van der Waals surface area contributed by atoms with Gasteiger partial charge in [0, 0.05) is 18.0 Å². The molecule has 90 valence electrons. The second-order valence-electron chi connectivity index (χ2n) is 3.48. The van der Waals surface area contributed by atoms with Crippen LogP contribution in [0.4, 0.5) is 5.69 Å². The molecule has 0 atom stereocenters. The smallest absolute Gasteiger partial charge is 0.237 e. The number of methoxy groups -OCH3 is 1. The third-order valence-electron chi connectivity index (χ3n) is 2.29. The first-order valence-electron chi connectivity index (χ1n) is 5.21. The van der Waals surface area contributed by atoms with E-state index in [2.05, 4.69) is 4.98 Å². The van der Waals surface area contributed by atoms with Gasteiger partial charge in [0.15, 0.2) is 11.5 Å². The molecule has 0 unspecified atom stereocenters. The lowest BCUT2D eigenvalue weighted by Gasteiger charge is -2.10. The average Bonchev–Trinajstić information content (AvgIpc) is 2.40. The molecule has 0 saturated heterocycles. The van der Waals surface area contributed by atoms with Gasteiger partial charge in [-0.2, -0.15) is 5.26 Å². The van der Waals surface area contributed by atoms with Crippen LogP contribution in [-0.4, -0.2) is 12.1 Å². The van der Waals surface area contributed by atoms with E-state index in [0.717, 1.165) is 0 Å². The van der Waals surface area contributed by atoms with Crippen LogP contribution < -0.4 is 15.2 Å². The minimum atomic E-state index is 0.226. The van der Waals surface area contributed by atoms with Gasteiger partial charge in [-0.05, 0) is 24.3 Å². The molecule has 1 heterocycles. The Hall–Kier alpha value is -2.74. The molecule has 1 aromatic heterocycles. The highest BCUT2D eigenvalue weighted by Crippen LogP contribution is 2.33. The van der Waals surface area contributed by atoms with Crippen LogP contribution in [0.25, 0.3) is 0 Å². The third-order valence-corrected chi connectivity index (χ3v) is 2.29. The van der Waals surface area contributed by atoms with Crippen LogP contribution in [-0.2, 0) is 0 Å². The van der Waals surface area contributed by atoms with E-state index < -0.39 is 0 Å². The second-order valence-corrected chi connectivity index (χ2v) is 3.48. The lowest BCUT2D eigenvalue weighted by atomic mass is 10.2. The van der Waals surface area contributed by atoms with Gasteiger partial charge in [0.25, 0.3) is 0 Å². The summed E-state index contributed by atoms with van der Waals surface area (Å²) in [6.07, 6.45) is 1.55. The van der Waals surface area contributed by atoms with Crippen LogP contribution in [0.3, 0.4) is 0 Å². The summed E-state index contributed by atoms with van der Waals surface area (Å²) in [5.41, 5.74) is 6.58. The van der Waals surface area contributed by atoms with Crippen molar-refractivity contribution in [1.82, 2.24) is 4.98 Å². The van der Waals surface area contributed by atoms with Crippen LogP contribution >= 0.6 is 0 Å². The summed E-state index contributed by atoms with van der Waals surface area (Å²) in [6, 6.07) is 10.3. The van der Waals surface area contributed by atoms with E-state index in [1.807, 2.05) is 6.07 Å². The number of anilines is 1. The molecule has 0 amide bonds. The van der Waals surface area contributed by atoms with E-state index in [4.69, 9.17) is 20.5 Å². The lowest BCUT2D eigenvalue weighted by molar-refractivity contribution is 0.374. The average molecular weight is 241 g/mol. The van der Waals surface area contributed by atoms with Crippen molar-refractivity contribution >= 4 is 5.69 Å². The van der Waals surface area contributed by atoms with Gasteiger partial charge < -0.3 is 15.2 Å². The van der Waals surface area contributed by atoms with Crippen LogP contribution in [0, 0.1) is 11.3 Å². The molecule has 0 spiro atoms. The van der Waals surface area contributed by atoms with Crippen molar-refractivity contribution < 1.29 is 9.47 Å². The first-order chi connectivity index (χ1) is 8.74. The molecule has 1 aromatic carbocycles. The highest BCUT2D eigenvalue weighted by Gasteiger charge is 2.10. The number of nitriles is 1. The van der Waals surface area contributed by atoms with Crippen LogP contribution in [0.15, 0.2) is 36.5 Å². The first-order valence-corrected chi connectivity index (χ1v) is 5.21. The van der Waals surface area contributed by atoms with Crippen LogP contribution in [0.1, 0.15) is 5.56 Å². The summed E-state index contributed by atoms with van der Waals surface area (Å²) in [5.74, 6) is 1.18. The number of hydrogen-bond acceptors (Lipinski definition) is 5. The fourth-order valence-electron chi connectivity index (χ4n) is 1.43. The molecule has 0 bridgehead atoms. The minimum absolute atomic E-state index is 0.226. The quantitative estimate of drug-likeness (QED) is 0.834. The summed E-state index contributed by atoms with van der Waals surface area (Å²) in [6.45, 7) is 0. The van der Waals surface area contributed by atoms with Gasteiger partial charge in [-0.15, -0.1) is 0 Å². The van der Waals surface area contributed by atoms with E-state index in [1.165, 1.54) is 7.11 Å². The topological polar surface area (TPSA) is 81.2 Å². The number of hydrogen-bond donors (Lipinski definition) is 1. The Bertz CT molecular complexity index is 605. The highest BCUT2D eigenvalue weighted by atomic mass is 16.5. The van der Waals surface area contributed by atoms with E-state index in [9.17, 15) is 0 Å². The molecule has 0 radical (unpaired) electrons. The maximum absolute atomic E-state index is 8.95. The van der Waals surface area contributed by atoms with Gasteiger partial charge in [0.1, 0.15) is 11.6 Å². The van der Waals surface area contributed by atoms with Gasteiger partial charge in [0.05, 0.1) is 7.11 Å².